The van der Waals surface area contributed by atoms with E-state index >= 15 is 0 Å². The van der Waals surface area contributed by atoms with Crippen LogP contribution in [0.15, 0.2) is 24.8 Å². The highest BCUT2D eigenvalue weighted by Gasteiger charge is 2.26. The first-order valence-corrected chi connectivity index (χ1v) is 7.86. The van der Waals surface area contributed by atoms with Crippen molar-refractivity contribution in [3.8, 4) is 0 Å². The molecule has 0 aromatic carbocycles. The van der Waals surface area contributed by atoms with Gasteiger partial charge in [-0.15, -0.1) is 0 Å². The number of hydrogen-bond acceptors (Lipinski definition) is 3. The first-order chi connectivity index (χ1) is 10.6. The van der Waals surface area contributed by atoms with Crippen LogP contribution in [-0.4, -0.2) is 43.2 Å². The monoisotopic (exact) mass is 301 g/mol. The fraction of sp³-hybridized carbons (Fsp3) is 0.562. The van der Waals surface area contributed by atoms with E-state index in [4.69, 9.17) is 0 Å². The Morgan fingerprint density at radius 2 is 2.27 bits per heavy atom. The Morgan fingerprint density at radius 1 is 1.41 bits per heavy atom. The van der Waals surface area contributed by atoms with Gasteiger partial charge in [0.1, 0.15) is 5.82 Å². The number of likely N-dealkylation sites (tertiary alicyclic amines) is 1. The van der Waals surface area contributed by atoms with E-state index in [-0.39, 0.29) is 5.91 Å². The fourth-order valence-corrected chi connectivity index (χ4v) is 3.20. The lowest BCUT2D eigenvalue weighted by Crippen LogP contribution is -2.39. The lowest BCUT2D eigenvalue weighted by molar-refractivity contribution is -0.132. The van der Waals surface area contributed by atoms with Gasteiger partial charge >= 0.3 is 0 Å². The summed E-state index contributed by atoms with van der Waals surface area (Å²) in [5, 5.41) is 4.14. The molecule has 1 saturated heterocycles. The first kappa shape index (κ1) is 14.8. The molecule has 3 heterocycles. The van der Waals surface area contributed by atoms with Crippen LogP contribution in [0.1, 0.15) is 36.6 Å². The normalized spacial score (nSPS) is 18.6. The number of nitrogens with zero attached hydrogens (tertiary/aromatic N) is 5. The van der Waals surface area contributed by atoms with Crippen molar-refractivity contribution in [2.75, 3.05) is 13.1 Å². The molecule has 0 spiro atoms. The zero-order valence-electron chi connectivity index (χ0n) is 13.3. The molecule has 2 aromatic heterocycles. The maximum atomic E-state index is 12.4. The summed E-state index contributed by atoms with van der Waals surface area (Å²) < 4.78 is 3.84. The number of carbonyl (C=O) groups is 1. The Balaban J connectivity index is 1.57. The highest BCUT2D eigenvalue weighted by atomic mass is 16.2. The molecule has 0 aliphatic carbocycles. The summed E-state index contributed by atoms with van der Waals surface area (Å²) in [7, 11) is 3.92. The first-order valence-electron chi connectivity index (χ1n) is 7.86. The number of piperidine rings is 1. The summed E-state index contributed by atoms with van der Waals surface area (Å²) in [6, 6.07) is 0. The van der Waals surface area contributed by atoms with E-state index in [9.17, 15) is 4.79 Å². The maximum absolute atomic E-state index is 12.4. The molecule has 0 N–H and O–H groups in total. The summed E-state index contributed by atoms with van der Waals surface area (Å²) in [5.74, 6) is 1.68. The second-order valence-electron chi connectivity index (χ2n) is 6.10. The topological polar surface area (TPSA) is 56.0 Å². The van der Waals surface area contributed by atoms with Crippen LogP contribution in [0, 0.1) is 0 Å². The summed E-state index contributed by atoms with van der Waals surface area (Å²) >= 11 is 0. The molecule has 6 nitrogen and oxygen atoms in total. The molecule has 1 fully saturated rings. The predicted octanol–water partition coefficient (Wildman–Crippen LogP) is 1.49. The standard InChI is InChI=1S/C16H23N5O/c1-19-9-7-17-16(19)14-4-3-8-21(12-14)15(22)6-5-13-10-18-20(2)11-13/h7,9-11,14H,3-6,8,12H2,1-2H3. The molecule has 1 atom stereocenters. The number of hydrogen-bond donors (Lipinski definition) is 0. The number of rotatable bonds is 4. The zero-order chi connectivity index (χ0) is 15.5. The molecule has 6 heteroatoms. The quantitative estimate of drug-likeness (QED) is 0.860. The van der Waals surface area contributed by atoms with Crippen LogP contribution in [0.2, 0.25) is 0 Å². The van der Waals surface area contributed by atoms with Gasteiger partial charge in [-0.3, -0.25) is 9.48 Å². The van der Waals surface area contributed by atoms with Crippen LogP contribution in [0.3, 0.4) is 0 Å². The number of amides is 1. The third kappa shape index (κ3) is 3.21. The van der Waals surface area contributed by atoms with Gasteiger partial charge in [-0.1, -0.05) is 0 Å². The van der Waals surface area contributed by atoms with E-state index in [1.54, 1.807) is 4.68 Å². The lowest BCUT2D eigenvalue weighted by atomic mass is 9.96. The largest absolute Gasteiger partial charge is 0.342 e. The van der Waals surface area contributed by atoms with Crippen molar-refractivity contribution in [3.05, 3.63) is 36.2 Å². The van der Waals surface area contributed by atoms with Crippen LogP contribution in [-0.2, 0) is 25.3 Å². The van der Waals surface area contributed by atoms with Crippen molar-refractivity contribution in [1.29, 1.82) is 0 Å². The number of aromatic nitrogens is 4. The minimum Gasteiger partial charge on any atom is -0.342 e. The van der Waals surface area contributed by atoms with Gasteiger partial charge in [-0.2, -0.15) is 5.10 Å². The molecular formula is C16H23N5O. The Hall–Kier alpha value is -2.11. The molecule has 2 aromatic rings. The van der Waals surface area contributed by atoms with E-state index in [2.05, 4.69) is 14.6 Å². The van der Waals surface area contributed by atoms with Gasteiger partial charge in [0.15, 0.2) is 0 Å². The van der Waals surface area contributed by atoms with Crippen molar-refractivity contribution in [2.24, 2.45) is 14.1 Å². The fourth-order valence-electron chi connectivity index (χ4n) is 3.20. The van der Waals surface area contributed by atoms with Crippen LogP contribution in [0.25, 0.3) is 0 Å². The van der Waals surface area contributed by atoms with Gasteiger partial charge in [-0.05, 0) is 24.8 Å². The van der Waals surface area contributed by atoms with Gasteiger partial charge in [-0.25, -0.2) is 4.98 Å². The summed E-state index contributed by atoms with van der Waals surface area (Å²) in [6.45, 7) is 1.66. The molecule has 1 amide bonds. The number of imidazole rings is 1. The molecule has 1 aliphatic heterocycles. The van der Waals surface area contributed by atoms with E-state index in [0.717, 1.165) is 43.7 Å². The van der Waals surface area contributed by atoms with Crippen molar-refractivity contribution in [3.63, 3.8) is 0 Å². The third-order valence-electron chi connectivity index (χ3n) is 4.38. The predicted molar refractivity (Wildman–Crippen MR) is 83.3 cm³/mol. The highest BCUT2D eigenvalue weighted by molar-refractivity contribution is 5.76. The van der Waals surface area contributed by atoms with E-state index in [0.29, 0.717) is 12.3 Å². The van der Waals surface area contributed by atoms with Crippen molar-refractivity contribution >= 4 is 5.91 Å². The van der Waals surface area contributed by atoms with Gasteiger partial charge in [0.25, 0.3) is 0 Å². The van der Waals surface area contributed by atoms with Gasteiger partial charge in [0.05, 0.1) is 6.20 Å². The van der Waals surface area contributed by atoms with Crippen molar-refractivity contribution in [1.82, 2.24) is 24.2 Å². The number of aryl methyl sites for hydroxylation is 3. The van der Waals surface area contributed by atoms with Crippen LogP contribution < -0.4 is 0 Å². The third-order valence-corrected chi connectivity index (χ3v) is 4.38. The molecule has 0 saturated carbocycles. The summed E-state index contributed by atoms with van der Waals surface area (Å²) in [6.07, 6.45) is 11.1. The van der Waals surface area contributed by atoms with Gasteiger partial charge in [0, 0.05) is 58.1 Å². The summed E-state index contributed by atoms with van der Waals surface area (Å²) in [5.41, 5.74) is 1.12. The second kappa shape index (κ2) is 6.34. The maximum Gasteiger partial charge on any atom is 0.222 e. The molecule has 0 radical (unpaired) electrons. The number of carbonyl (C=O) groups excluding carboxylic acids is 1. The lowest BCUT2D eigenvalue weighted by Gasteiger charge is -2.32. The highest BCUT2D eigenvalue weighted by Crippen LogP contribution is 2.25. The van der Waals surface area contributed by atoms with Crippen LogP contribution in [0.5, 0.6) is 0 Å². The van der Waals surface area contributed by atoms with E-state index in [1.165, 1.54) is 0 Å². The average Bonchev–Trinajstić information content (AvgIpc) is 3.13. The Labute approximate surface area is 130 Å². The van der Waals surface area contributed by atoms with E-state index in [1.807, 2.05) is 43.8 Å². The van der Waals surface area contributed by atoms with Crippen LogP contribution >= 0.6 is 0 Å². The van der Waals surface area contributed by atoms with Crippen molar-refractivity contribution < 1.29 is 4.79 Å². The summed E-state index contributed by atoms with van der Waals surface area (Å²) in [4.78, 5) is 18.9. The molecule has 22 heavy (non-hydrogen) atoms. The van der Waals surface area contributed by atoms with Crippen LogP contribution in [0.4, 0.5) is 0 Å². The Kier molecular flexibility index (Phi) is 4.27. The van der Waals surface area contributed by atoms with Gasteiger partial charge in [0.2, 0.25) is 5.91 Å². The molecular weight excluding hydrogens is 278 g/mol. The van der Waals surface area contributed by atoms with Crippen molar-refractivity contribution in [2.45, 2.75) is 31.6 Å². The molecule has 1 unspecified atom stereocenters. The average molecular weight is 301 g/mol. The Morgan fingerprint density at radius 3 is 2.95 bits per heavy atom. The SMILES string of the molecule is Cn1cc(CCC(=O)N2CCCC(c3nccn3C)C2)cn1. The minimum absolute atomic E-state index is 0.239. The molecule has 3 rings (SSSR count). The van der Waals surface area contributed by atoms with Gasteiger partial charge < -0.3 is 9.47 Å². The molecule has 1 aliphatic rings. The Bertz CT molecular complexity index is 645. The minimum atomic E-state index is 0.239. The molecule has 118 valence electrons. The molecule has 0 bridgehead atoms. The zero-order valence-corrected chi connectivity index (χ0v) is 13.3. The van der Waals surface area contributed by atoms with E-state index < -0.39 is 0 Å². The second-order valence-corrected chi connectivity index (χ2v) is 6.10. The smallest absolute Gasteiger partial charge is 0.222 e.